The second-order valence-corrected chi connectivity index (χ2v) is 4.43. The summed E-state index contributed by atoms with van der Waals surface area (Å²) in [5.41, 5.74) is 7.09. The van der Waals surface area contributed by atoms with Crippen molar-refractivity contribution in [2.75, 3.05) is 0 Å². The van der Waals surface area contributed by atoms with E-state index in [1.807, 2.05) is 0 Å². The summed E-state index contributed by atoms with van der Waals surface area (Å²) in [6.07, 6.45) is 9.38. The molecular weight excluding hydrogens is 190 g/mol. The second kappa shape index (κ2) is 3.54. The number of nitrogens with two attached hydrogens (primary N) is 1. The second-order valence-electron chi connectivity index (χ2n) is 4.43. The summed E-state index contributed by atoms with van der Waals surface area (Å²) >= 11 is 0. The van der Waals surface area contributed by atoms with Crippen LogP contribution >= 0.6 is 0 Å². The van der Waals surface area contributed by atoms with Crippen molar-refractivity contribution < 1.29 is 4.74 Å². The van der Waals surface area contributed by atoms with Crippen LogP contribution in [0.2, 0.25) is 0 Å². The molecular formula is C11H15N3O. The molecule has 2 N–H and O–H groups in total. The van der Waals surface area contributed by atoms with Gasteiger partial charge in [-0.2, -0.15) is 0 Å². The van der Waals surface area contributed by atoms with Crippen molar-refractivity contribution in [2.45, 2.75) is 37.5 Å². The van der Waals surface area contributed by atoms with Crippen LogP contribution in [0.4, 0.5) is 0 Å². The van der Waals surface area contributed by atoms with E-state index in [0.717, 1.165) is 18.5 Å². The van der Waals surface area contributed by atoms with Gasteiger partial charge in [-0.05, 0) is 19.3 Å². The number of hydrogen-bond donors (Lipinski definition) is 1. The van der Waals surface area contributed by atoms with Gasteiger partial charge in [0.15, 0.2) is 0 Å². The molecule has 1 aromatic rings. The van der Waals surface area contributed by atoms with E-state index < -0.39 is 0 Å². The predicted molar refractivity (Wildman–Crippen MR) is 55.0 cm³/mol. The molecule has 0 amide bonds. The fourth-order valence-electron chi connectivity index (χ4n) is 2.76. The van der Waals surface area contributed by atoms with Crippen molar-refractivity contribution >= 4 is 0 Å². The third-order valence-corrected chi connectivity index (χ3v) is 3.54. The lowest BCUT2D eigenvalue weighted by Crippen LogP contribution is -2.30. The molecule has 3 heterocycles. The highest BCUT2D eigenvalue weighted by Crippen LogP contribution is 2.43. The van der Waals surface area contributed by atoms with Gasteiger partial charge in [0.1, 0.15) is 0 Å². The van der Waals surface area contributed by atoms with Crippen molar-refractivity contribution in [3.63, 3.8) is 0 Å². The van der Waals surface area contributed by atoms with Crippen LogP contribution in [-0.4, -0.2) is 22.2 Å². The summed E-state index contributed by atoms with van der Waals surface area (Å²) in [4.78, 5) is 8.32. The Balaban J connectivity index is 1.78. The number of rotatable bonds is 2. The maximum atomic E-state index is 6.20. The Morgan fingerprint density at radius 1 is 1.40 bits per heavy atom. The predicted octanol–water partition coefficient (Wildman–Crippen LogP) is 1.04. The van der Waals surface area contributed by atoms with Crippen LogP contribution in [0.15, 0.2) is 18.6 Å². The molecule has 2 aliphatic heterocycles. The number of nitrogens with zero attached hydrogens (tertiary/aromatic N) is 2. The largest absolute Gasteiger partial charge is 0.375 e. The van der Waals surface area contributed by atoms with Gasteiger partial charge in [0.2, 0.25) is 0 Å². The Kier molecular flexibility index (Phi) is 2.18. The Labute approximate surface area is 88.9 Å². The summed E-state index contributed by atoms with van der Waals surface area (Å²) in [6, 6.07) is -0.0194. The zero-order valence-corrected chi connectivity index (χ0v) is 8.54. The minimum atomic E-state index is -0.0194. The molecule has 80 valence electrons. The molecule has 4 nitrogen and oxygen atoms in total. The smallest absolute Gasteiger partial charge is 0.0757 e. The lowest BCUT2D eigenvalue weighted by Gasteiger charge is -2.24. The molecule has 15 heavy (non-hydrogen) atoms. The standard InChI is InChI=1S/C11H15N3O/c12-11(9-6-13-3-4-14-9)8-5-7-1-2-10(8)15-7/h3-4,6-8,10-11H,1-2,5,12H2. The average Bonchev–Trinajstić information content (AvgIpc) is 2.91. The normalized spacial score (nSPS) is 35.7. The van der Waals surface area contributed by atoms with Crippen LogP contribution in [0, 0.1) is 5.92 Å². The van der Waals surface area contributed by atoms with Gasteiger partial charge >= 0.3 is 0 Å². The van der Waals surface area contributed by atoms with Gasteiger partial charge < -0.3 is 10.5 Å². The third kappa shape index (κ3) is 1.54. The Hall–Kier alpha value is -1.00. The fraction of sp³-hybridized carbons (Fsp3) is 0.636. The SMILES string of the molecule is NC(c1cnccn1)C1CC2CCC1O2. The van der Waals surface area contributed by atoms with Crippen LogP contribution in [0.25, 0.3) is 0 Å². The highest BCUT2D eigenvalue weighted by atomic mass is 16.5. The highest BCUT2D eigenvalue weighted by Gasteiger charge is 2.44. The molecule has 0 radical (unpaired) electrons. The van der Waals surface area contributed by atoms with E-state index in [1.165, 1.54) is 6.42 Å². The van der Waals surface area contributed by atoms with E-state index in [4.69, 9.17) is 10.5 Å². The van der Waals surface area contributed by atoms with E-state index in [2.05, 4.69) is 9.97 Å². The molecule has 0 aromatic carbocycles. The van der Waals surface area contributed by atoms with Gasteiger partial charge in [0, 0.05) is 24.5 Å². The number of ether oxygens (including phenoxy) is 1. The van der Waals surface area contributed by atoms with Crippen LogP contribution in [0.1, 0.15) is 31.0 Å². The quantitative estimate of drug-likeness (QED) is 0.783. The van der Waals surface area contributed by atoms with Crippen LogP contribution in [0.5, 0.6) is 0 Å². The summed E-state index contributed by atoms with van der Waals surface area (Å²) in [5.74, 6) is 0.431. The number of aromatic nitrogens is 2. The molecule has 4 heteroatoms. The van der Waals surface area contributed by atoms with E-state index in [-0.39, 0.29) is 6.04 Å². The third-order valence-electron chi connectivity index (χ3n) is 3.54. The van der Waals surface area contributed by atoms with E-state index in [9.17, 15) is 0 Å². The van der Waals surface area contributed by atoms with E-state index in [1.54, 1.807) is 18.6 Å². The van der Waals surface area contributed by atoms with Gasteiger partial charge in [0.25, 0.3) is 0 Å². The average molecular weight is 205 g/mol. The Morgan fingerprint density at radius 2 is 2.33 bits per heavy atom. The molecule has 0 aliphatic carbocycles. The fourth-order valence-corrected chi connectivity index (χ4v) is 2.76. The van der Waals surface area contributed by atoms with Crippen LogP contribution < -0.4 is 5.73 Å². The van der Waals surface area contributed by atoms with Crippen molar-refractivity contribution in [2.24, 2.45) is 11.7 Å². The molecule has 4 atom stereocenters. The first-order chi connectivity index (χ1) is 7.34. The maximum Gasteiger partial charge on any atom is 0.0757 e. The summed E-state index contributed by atoms with van der Waals surface area (Å²) in [6.45, 7) is 0. The monoisotopic (exact) mass is 205 g/mol. The van der Waals surface area contributed by atoms with Gasteiger partial charge in [0.05, 0.1) is 23.9 Å². The van der Waals surface area contributed by atoms with Crippen LogP contribution in [0.3, 0.4) is 0 Å². The van der Waals surface area contributed by atoms with Gasteiger partial charge in [-0.3, -0.25) is 9.97 Å². The molecule has 2 bridgehead atoms. The summed E-state index contributed by atoms with van der Waals surface area (Å²) in [5, 5.41) is 0. The van der Waals surface area contributed by atoms with E-state index in [0.29, 0.717) is 18.1 Å². The van der Waals surface area contributed by atoms with Gasteiger partial charge in [-0.1, -0.05) is 0 Å². The molecule has 3 rings (SSSR count). The lowest BCUT2D eigenvalue weighted by molar-refractivity contribution is 0.0882. The molecule has 2 fully saturated rings. The highest BCUT2D eigenvalue weighted by molar-refractivity contribution is 5.07. The first-order valence-corrected chi connectivity index (χ1v) is 5.51. The lowest BCUT2D eigenvalue weighted by atomic mass is 9.83. The molecule has 2 aliphatic rings. The molecule has 0 saturated carbocycles. The van der Waals surface area contributed by atoms with Gasteiger partial charge in [-0.15, -0.1) is 0 Å². The maximum absolute atomic E-state index is 6.20. The van der Waals surface area contributed by atoms with Gasteiger partial charge in [-0.25, -0.2) is 0 Å². The summed E-state index contributed by atoms with van der Waals surface area (Å²) < 4.78 is 5.80. The topological polar surface area (TPSA) is 61.0 Å². The van der Waals surface area contributed by atoms with E-state index >= 15 is 0 Å². The first kappa shape index (κ1) is 9.24. The zero-order chi connectivity index (χ0) is 10.3. The molecule has 1 aromatic heterocycles. The molecule has 4 unspecified atom stereocenters. The minimum Gasteiger partial charge on any atom is -0.375 e. The Bertz CT molecular complexity index is 343. The van der Waals surface area contributed by atoms with Crippen molar-refractivity contribution in [3.05, 3.63) is 24.3 Å². The Morgan fingerprint density at radius 3 is 2.93 bits per heavy atom. The first-order valence-electron chi connectivity index (χ1n) is 5.51. The van der Waals surface area contributed by atoms with Crippen LogP contribution in [-0.2, 0) is 4.74 Å². The van der Waals surface area contributed by atoms with Crippen molar-refractivity contribution in [3.8, 4) is 0 Å². The molecule has 0 spiro atoms. The molecule has 2 saturated heterocycles. The summed E-state index contributed by atoms with van der Waals surface area (Å²) in [7, 11) is 0. The minimum absolute atomic E-state index is 0.0194. The number of fused-ring (bicyclic) bond motifs is 2. The zero-order valence-electron chi connectivity index (χ0n) is 8.54. The van der Waals surface area contributed by atoms with Crippen molar-refractivity contribution in [1.29, 1.82) is 0 Å². The van der Waals surface area contributed by atoms with Crippen molar-refractivity contribution in [1.82, 2.24) is 9.97 Å². The number of hydrogen-bond acceptors (Lipinski definition) is 4.